The number of alkyl halides is 3. The molecule has 0 radical (unpaired) electrons. The molecular formula is C14H16F3N3O. The Morgan fingerprint density at radius 1 is 1.29 bits per heavy atom. The number of rotatable bonds is 5. The molecule has 0 aliphatic heterocycles. The van der Waals surface area contributed by atoms with Gasteiger partial charge < -0.3 is 15.0 Å². The second-order valence-electron chi connectivity index (χ2n) is 4.72. The Bertz CT molecular complexity index is 578. The standard InChI is InChI=1S/C14H16F3N3O/c1-20-9-8-19-13(20)7-6-12(18)10-2-4-11(5-3-10)21-14(15,16)17/h2-5,8-9,12H,6-7,18H2,1H3. The van der Waals surface area contributed by atoms with E-state index in [0.29, 0.717) is 12.8 Å². The minimum Gasteiger partial charge on any atom is -0.406 e. The molecule has 0 fully saturated rings. The largest absolute Gasteiger partial charge is 0.573 e. The fraction of sp³-hybridized carbons (Fsp3) is 0.357. The van der Waals surface area contributed by atoms with Crippen molar-refractivity contribution in [2.75, 3.05) is 0 Å². The number of aromatic nitrogens is 2. The summed E-state index contributed by atoms with van der Waals surface area (Å²) < 4.78 is 41.9. The van der Waals surface area contributed by atoms with Crippen LogP contribution in [0.3, 0.4) is 0 Å². The molecule has 2 aromatic rings. The van der Waals surface area contributed by atoms with Crippen LogP contribution in [-0.4, -0.2) is 15.9 Å². The monoisotopic (exact) mass is 299 g/mol. The number of ether oxygens (including phenoxy) is 1. The van der Waals surface area contributed by atoms with Crippen molar-refractivity contribution in [2.24, 2.45) is 12.8 Å². The van der Waals surface area contributed by atoms with Gasteiger partial charge in [0, 0.05) is 31.9 Å². The van der Waals surface area contributed by atoms with Gasteiger partial charge in [0.25, 0.3) is 0 Å². The number of halogens is 3. The highest BCUT2D eigenvalue weighted by Gasteiger charge is 2.31. The molecule has 1 aromatic carbocycles. The van der Waals surface area contributed by atoms with Crippen LogP contribution in [0.2, 0.25) is 0 Å². The first kappa shape index (κ1) is 15.4. The van der Waals surface area contributed by atoms with Crippen LogP contribution in [0.15, 0.2) is 36.7 Å². The van der Waals surface area contributed by atoms with E-state index in [0.717, 1.165) is 11.4 Å². The first-order valence-corrected chi connectivity index (χ1v) is 6.42. The van der Waals surface area contributed by atoms with E-state index in [1.807, 2.05) is 17.8 Å². The van der Waals surface area contributed by atoms with Crippen molar-refractivity contribution in [2.45, 2.75) is 25.2 Å². The number of nitrogens with two attached hydrogens (primary N) is 1. The highest BCUT2D eigenvalue weighted by Crippen LogP contribution is 2.25. The number of benzene rings is 1. The lowest BCUT2D eigenvalue weighted by atomic mass is 10.0. The Labute approximate surface area is 120 Å². The molecule has 114 valence electrons. The van der Waals surface area contributed by atoms with E-state index < -0.39 is 6.36 Å². The number of imidazole rings is 1. The molecule has 7 heteroatoms. The van der Waals surface area contributed by atoms with E-state index in [1.54, 1.807) is 18.3 Å². The van der Waals surface area contributed by atoms with Gasteiger partial charge in [-0.1, -0.05) is 12.1 Å². The molecule has 21 heavy (non-hydrogen) atoms. The second kappa shape index (κ2) is 6.17. The molecule has 0 aliphatic carbocycles. The molecule has 0 aliphatic rings. The fourth-order valence-electron chi connectivity index (χ4n) is 2.01. The number of nitrogens with zero attached hydrogens (tertiary/aromatic N) is 2. The summed E-state index contributed by atoms with van der Waals surface area (Å²) in [5, 5.41) is 0. The van der Waals surface area contributed by atoms with E-state index in [-0.39, 0.29) is 11.8 Å². The van der Waals surface area contributed by atoms with Crippen LogP contribution in [0.1, 0.15) is 23.9 Å². The molecule has 0 bridgehead atoms. The van der Waals surface area contributed by atoms with Crippen LogP contribution in [0, 0.1) is 0 Å². The van der Waals surface area contributed by atoms with E-state index in [1.165, 1.54) is 12.1 Å². The van der Waals surface area contributed by atoms with Crippen molar-refractivity contribution in [3.8, 4) is 5.75 Å². The number of hydrogen-bond acceptors (Lipinski definition) is 3. The first-order chi connectivity index (χ1) is 9.85. The van der Waals surface area contributed by atoms with E-state index in [9.17, 15) is 13.2 Å². The minimum absolute atomic E-state index is 0.248. The molecule has 1 heterocycles. The van der Waals surface area contributed by atoms with Crippen molar-refractivity contribution in [3.63, 3.8) is 0 Å². The fourth-order valence-corrected chi connectivity index (χ4v) is 2.01. The van der Waals surface area contributed by atoms with Gasteiger partial charge in [-0.25, -0.2) is 4.98 Å². The normalized spacial score (nSPS) is 13.2. The first-order valence-electron chi connectivity index (χ1n) is 6.42. The highest BCUT2D eigenvalue weighted by atomic mass is 19.4. The van der Waals surface area contributed by atoms with Crippen LogP contribution >= 0.6 is 0 Å². The van der Waals surface area contributed by atoms with Crippen molar-refractivity contribution < 1.29 is 17.9 Å². The van der Waals surface area contributed by atoms with Gasteiger partial charge in [0.05, 0.1) is 0 Å². The SMILES string of the molecule is Cn1ccnc1CCC(N)c1ccc(OC(F)(F)F)cc1. The molecular weight excluding hydrogens is 283 g/mol. The molecule has 0 amide bonds. The maximum Gasteiger partial charge on any atom is 0.573 e. The average molecular weight is 299 g/mol. The zero-order valence-corrected chi connectivity index (χ0v) is 11.5. The van der Waals surface area contributed by atoms with Crippen molar-refractivity contribution >= 4 is 0 Å². The van der Waals surface area contributed by atoms with Crippen LogP contribution < -0.4 is 10.5 Å². The predicted molar refractivity (Wildman–Crippen MR) is 71.6 cm³/mol. The van der Waals surface area contributed by atoms with Gasteiger partial charge in [-0.3, -0.25) is 0 Å². The van der Waals surface area contributed by atoms with Gasteiger partial charge in [0.2, 0.25) is 0 Å². The van der Waals surface area contributed by atoms with Gasteiger partial charge in [-0.2, -0.15) is 0 Å². The molecule has 2 N–H and O–H groups in total. The zero-order valence-electron chi connectivity index (χ0n) is 11.5. The van der Waals surface area contributed by atoms with E-state index in [4.69, 9.17) is 5.73 Å². The van der Waals surface area contributed by atoms with Crippen molar-refractivity contribution in [3.05, 3.63) is 48.0 Å². The zero-order chi connectivity index (χ0) is 15.5. The lowest BCUT2D eigenvalue weighted by Crippen LogP contribution is -2.17. The summed E-state index contributed by atoms with van der Waals surface area (Å²) in [7, 11) is 1.90. The Morgan fingerprint density at radius 2 is 1.95 bits per heavy atom. The van der Waals surface area contributed by atoms with E-state index in [2.05, 4.69) is 9.72 Å². The summed E-state index contributed by atoms with van der Waals surface area (Å²) in [5.41, 5.74) is 6.80. The summed E-state index contributed by atoms with van der Waals surface area (Å²) in [5.74, 6) is 0.671. The third kappa shape index (κ3) is 4.49. The third-order valence-corrected chi connectivity index (χ3v) is 3.14. The topological polar surface area (TPSA) is 53.1 Å². The third-order valence-electron chi connectivity index (χ3n) is 3.14. The van der Waals surface area contributed by atoms with Gasteiger partial charge in [0.1, 0.15) is 11.6 Å². The molecule has 2 rings (SSSR count). The Balaban J connectivity index is 1.93. The average Bonchev–Trinajstić information content (AvgIpc) is 2.80. The number of aryl methyl sites for hydroxylation is 2. The molecule has 4 nitrogen and oxygen atoms in total. The second-order valence-corrected chi connectivity index (χ2v) is 4.72. The Kier molecular flexibility index (Phi) is 4.52. The van der Waals surface area contributed by atoms with Gasteiger partial charge >= 0.3 is 6.36 Å². The van der Waals surface area contributed by atoms with Crippen molar-refractivity contribution in [1.82, 2.24) is 9.55 Å². The molecule has 1 aromatic heterocycles. The molecule has 0 spiro atoms. The van der Waals surface area contributed by atoms with Crippen LogP contribution in [0.5, 0.6) is 5.75 Å². The lowest BCUT2D eigenvalue weighted by molar-refractivity contribution is -0.274. The van der Waals surface area contributed by atoms with Gasteiger partial charge in [-0.05, 0) is 24.1 Å². The maximum absolute atomic E-state index is 12.1. The summed E-state index contributed by atoms with van der Waals surface area (Å²) in [6.45, 7) is 0. The molecule has 0 saturated heterocycles. The molecule has 1 atom stereocenters. The Hall–Kier alpha value is -2.02. The summed E-state index contributed by atoms with van der Waals surface area (Å²) in [6.07, 6.45) is 0.242. The van der Waals surface area contributed by atoms with Crippen molar-refractivity contribution in [1.29, 1.82) is 0 Å². The summed E-state index contributed by atoms with van der Waals surface area (Å²) >= 11 is 0. The van der Waals surface area contributed by atoms with Crippen LogP contribution in [-0.2, 0) is 13.5 Å². The van der Waals surface area contributed by atoms with Crippen LogP contribution in [0.25, 0.3) is 0 Å². The quantitative estimate of drug-likeness (QED) is 0.923. The lowest BCUT2D eigenvalue weighted by Gasteiger charge is -2.13. The van der Waals surface area contributed by atoms with Crippen LogP contribution in [0.4, 0.5) is 13.2 Å². The summed E-state index contributed by atoms with van der Waals surface area (Å²) in [6, 6.07) is 5.36. The van der Waals surface area contributed by atoms with E-state index >= 15 is 0 Å². The molecule has 0 saturated carbocycles. The smallest absolute Gasteiger partial charge is 0.406 e. The summed E-state index contributed by atoms with van der Waals surface area (Å²) in [4.78, 5) is 4.20. The van der Waals surface area contributed by atoms with Gasteiger partial charge in [-0.15, -0.1) is 13.2 Å². The highest BCUT2D eigenvalue weighted by molar-refractivity contribution is 5.29. The van der Waals surface area contributed by atoms with Gasteiger partial charge in [0.15, 0.2) is 0 Å². The minimum atomic E-state index is -4.68. The number of hydrogen-bond donors (Lipinski definition) is 1. The predicted octanol–water partition coefficient (Wildman–Crippen LogP) is 2.95. The molecule has 1 unspecified atom stereocenters. The maximum atomic E-state index is 12.1. The Morgan fingerprint density at radius 3 is 2.48 bits per heavy atom.